The first-order valence-corrected chi connectivity index (χ1v) is 8.94. The number of hydrogen-bond donors (Lipinski definition) is 1. The third-order valence-electron chi connectivity index (χ3n) is 4.70. The minimum Gasteiger partial charge on any atom is -0.355 e. The van der Waals surface area contributed by atoms with Crippen LogP contribution in [0.5, 0.6) is 0 Å². The van der Waals surface area contributed by atoms with E-state index >= 15 is 0 Å². The van der Waals surface area contributed by atoms with E-state index in [1.165, 1.54) is 0 Å². The normalized spacial score (nSPS) is 15.4. The lowest BCUT2D eigenvalue weighted by Gasteiger charge is -2.33. The summed E-state index contributed by atoms with van der Waals surface area (Å²) in [5, 5.41) is 7.79. The summed E-state index contributed by atoms with van der Waals surface area (Å²) in [6.45, 7) is 1.65. The van der Waals surface area contributed by atoms with Crippen LogP contribution in [-0.4, -0.2) is 44.8 Å². The summed E-state index contributed by atoms with van der Waals surface area (Å²) in [6, 6.07) is 7.40. The van der Waals surface area contributed by atoms with Gasteiger partial charge in [-0.15, -0.1) is 0 Å². The van der Waals surface area contributed by atoms with Gasteiger partial charge in [0.25, 0.3) is 5.91 Å². The number of fused-ring (bicyclic) bond motifs is 1. The standard InChI is InChI=1S/C18H19ClN6O/c1-24-16(4-7-21-24)18(26)22-13-5-8-25(9-6-13)17-11-20-15-10-12(19)2-3-14(15)23-17/h2-4,7,10-11,13H,5-6,8-9H2,1H3,(H,22,26). The third kappa shape index (κ3) is 3.35. The molecule has 0 radical (unpaired) electrons. The molecule has 1 aromatic carbocycles. The Kier molecular flexibility index (Phi) is 4.46. The number of hydrogen-bond acceptors (Lipinski definition) is 5. The van der Waals surface area contributed by atoms with E-state index in [2.05, 4.69) is 25.3 Å². The monoisotopic (exact) mass is 370 g/mol. The summed E-state index contributed by atoms with van der Waals surface area (Å²) in [4.78, 5) is 23.6. The molecule has 1 saturated heterocycles. The molecule has 0 saturated carbocycles. The lowest BCUT2D eigenvalue weighted by atomic mass is 10.0. The van der Waals surface area contributed by atoms with Gasteiger partial charge in [-0.1, -0.05) is 11.6 Å². The van der Waals surface area contributed by atoms with Crippen molar-refractivity contribution < 1.29 is 4.79 Å². The molecule has 4 rings (SSSR count). The van der Waals surface area contributed by atoms with E-state index in [1.54, 1.807) is 30.2 Å². The summed E-state index contributed by atoms with van der Waals surface area (Å²) in [5.74, 6) is 0.780. The van der Waals surface area contributed by atoms with Crippen molar-refractivity contribution in [1.82, 2.24) is 25.1 Å². The van der Waals surface area contributed by atoms with Gasteiger partial charge < -0.3 is 10.2 Å². The van der Waals surface area contributed by atoms with E-state index < -0.39 is 0 Å². The van der Waals surface area contributed by atoms with Gasteiger partial charge >= 0.3 is 0 Å². The second-order valence-electron chi connectivity index (χ2n) is 6.44. The van der Waals surface area contributed by atoms with E-state index in [-0.39, 0.29) is 11.9 Å². The molecule has 1 N–H and O–H groups in total. The molecule has 0 aliphatic carbocycles. The molecule has 0 spiro atoms. The van der Waals surface area contributed by atoms with Gasteiger partial charge in [0.1, 0.15) is 11.5 Å². The van der Waals surface area contributed by atoms with Gasteiger partial charge in [-0.3, -0.25) is 14.5 Å². The number of nitrogens with zero attached hydrogens (tertiary/aromatic N) is 5. The van der Waals surface area contributed by atoms with E-state index in [9.17, 15) is 4.79 Å². The summed E-state index contributed by atoms with van der Waals surface area (Å²) in [5.41, 5.74) is 2.20. The van der Waals surface area contributed by atoms with Crippen molar-refractivity contribution in [3.8, 4) is 0 Å². The number of halogens is 1. The highest BCUT2D eigenvalue weighted by molar-refractivity contribution is 6.31. The maximum atomic E-state index is 12.3. The number of nitrogens with one attached hydrogen (secondary N) is 1. The van der Waals surface area contributed by atoms with Crippen LogP contribution in [0.2, 0.25) is 5.02 Å². The minimum absolute atomic E-state index is 0.0779. The van der Waals surface area contributed by atoms with E-state index in [0.717, 1.165) is 42.8 Å². The molecule has 0 atom stereocenters. The number of carbonyl (C=O) groups is 1. The van der Waals surface area contributed by atoms with Gasteiger partial charge in [-0.25, -0.2) is 4.98 Å². The van der Waals surface area contributed by atoms with Gasteiger partial charge in [-0.05, 0) is 37.1 Å². The summed E-state index contributed by atoms with van der Waals surface area (Å²) in [7, 11) is 1.77. The Labute approximate surface area is 156 Å². The molecule has 3 aromatic rings. The number of amides is 1. The quantitative estimate of drug-likeness (QED) is 0.766. The molecule has 0 unspecified atom stereocenters. The molecule has 1 aliphatic rings. The number of rotatable bonds is 3. The molecule has 1 aliphatic heterocycles. The Balaban J connectivity index is 1.39. The summed E-state index contributed by atoms with van der Waals surface area (Å²) < 4.78 is 1.58. The summed E-state index contributed by atoms with van der Waals surface area (Å²) >= 11 is 5.99. The van der Waals surface area contributed by atoms with Gasteiger partial charge in [0.05, 0.1) is 17.2 Å². The molecule has 2 aromatic heterocycles. The molecule has 26 heavy (non-hydrogen) atoms. The van der Waals surface area contributed by atoms with Crippen molar-refractivity contribution in [3.05, 3.63) is 47.4 Å². The van der Waals surface area contributed by atoms with E-state index in [1.807, 2.05) is 18.2 Å². The van der Waals surface area contributed by atoms with E-state index in [4.69, 9.17) is 11.6 Å². The molecule has 134 valence electrons. The number of aromatic nitrogens is 4. The maximum absolute atomic E-state index is 12.3. The Morgan fingerprint density at radius 2 is 2.04 bits per heavy atom. The average molecular weight is 371 g/mol. The Hall–Kier alpha value is -2.67. The van der Waals surface area contributed by atoms with Crippen molar-refractivity contribution in [2.45, 2.75) is 18.9 Å². The lowest BCUT2D eigenvalue weighted by molar-refractivity contribution is 0.0921. The van der Waals surface area contributed by atoms with Gasteiger partial charge in [-0.2, -0.15) is 5.10 Å². The van der Waals surface area contributed by atoms with Crippen LogP contribution in [0, 0.1) is 0 Å². The first kappa shape index (κ1) is 16.8. The molecule has 1 fully saturated rings. The third-order valence-corrected chi connectivity index (χ3v) is 4.93. The summed E-state index contributed by atoms with van der Waals surface area (Å²) in [6.07, 6.45) is 5.14. The number of carbonyl (C=O) groups excluding carboxylic acids is 1. The zero-order valence-electron chi connectivity index (χ0n) is 14.4. The molecular formula is C18H19ClN6O. The smallest absolute Gasteiger partial charge is 0.269 e. The highest BCUT2D eigenvalue weighted by Crippen LogP contribution is 2.22. The second-order valence-corrected chi connectivity index (χ2v) is 6.87. The maximum Gasteiger partial charge on any atom is 0.269 e. The van der Waals surface area contributed by atoms with Gasteiger partial charge in [0, 0.05) is 37.4 Å². The zero-order chi connectivity index (χ0) is 18.1. The van der Waals surface area contributed by atoms with Crippen molar-refractivity contribution in [2.24, 2.45) is 7.05 Å². The van der Waals surface area contributed by atoms with Crippen molar-refractivity contribution in [2.75, 3.05) is 18.0 Å². The fourth-order valence-corrected chi connectivity index (χ4v) is 3.40. The predicted molar refractivity (Wildman–Crippen MR) is 100 cm³/mol. The van der Waals surface area contributed by atoms with Crippen LogP contribution in [0.1, 0.15) is 23.3 Å². The average Bonchev–Trinajstić information content (AvgIpc) is 3.08. The van der Waals surface area contributed by atoms with Crippen molar-refractivity contribution in [3.63, 3.8) is 0 Å². The Morgan fingerprint density at radius 1 is 1.23 bits per heavy atom. The van der Waals surface area contributed by atoms with Crippen LogP contribution < -0.4 is 10.2 Å². The van der Waals surface area contributed by atoms with Crippen LogP contribution in [-0.2, 0) is 7.05 Å². The van der Waals surface area contributed by atoms with Crippen LogP contribution in [0.15, 0.2) is 36.7 Å². The first-order chi connectivity index (χ1) is 12.6. The molecule has 8 heteroatoms. The van der Waals surface area contributed by atoms with Crippen LogP contribution >= 0.6 is 11.6 Å². The zero-order valence-corrected chi connectivity index (χ0v) is 15.1. The van der Waals surface area contributed by atoms with Gasteiger partial charge in [0.2, 0.25) is 0 Å². The molecular weight excluding hydrogens is 352 g/mol. The van der Waals surface area contributed by atoms with Crippen LogP contribution in [0.4, 0.5) is 5.82 Å². The predicted octanol–water partition coefficient (Wildman–Crippen LogP) is 2.42. The highest BCUT2D eigenvalue weighted by atomic mass is 35.5. The fourth-order valence-electron chi connectivity index (χ4n) is 3.24. The van der Waals surface area contributed by atoms with Crippen LogP contribution in [0.3, 0.4) is 0 Å². The largest absolute Gasteiger partial charge is 0.355 e. The SMILES string of the molecule is Cn1nccc1C(=O)NC1CCN(c2cnc3cc(Cl)ccc3n2)CC1. The van der Waals surface area contributed by atoms with Crippen molar-refractivity contribution in [1.29, 1.82) is 0 Å². The Morgan fingerprint density at radius 3 is 2.77 bits per heavy atom. The first-order valence-electron chi connectivity index (χ1n) is 8.56. The van der Waals surface area contributed by atoms with E-state index in [0.29, 0.717) is 10.7 Å². The number of piperidine rings is 1. The lowest BCUT2D eigenvalue weighted by Crippen LogP contribution is -2.45. The molecule has 3 heterocycles. The number of anilines is 1. The topological polar surface area (TPSA) is 75.9 Å². The molecule has 0 bridgehead atoms. The van der Waals surface area contributed by atoms with Crippen molar-refractivity contribution >= 4 is 34.4 Å². The number of aryl methyl sites for hydroxylation is 1. The molecule has 7 nitrogen and oxygen atoms in total. The minimum atomic E-state index is -0.0779. The highest BCUT2D eigenvalue weighted by Gasteiger charge is 2.23. The number of benzene rings is 1. The second kappa shape index (κ2) is 6.92. The molecule has 1 amide bonds. The fraction of sp³-hybridized carbons (Fsp3) is 0.333. The van der Waals surface area contributed by atoms with Crippen LogP contribution in [0.25, 0.3) is 11.0 Å². The Bertz CT molecular complexity index is 948. The van der Waals surface area contributed by atoms with Gasteiger partial charge in [0.15, 0.2) is 0 Å².